The van der Waals surface area contributed by atoms with Gasteiger partial charge in [0.25, 0.3) is 0 Å². The van der Waals surface area contributed by atoms with Gasteiger partial charge in [-0.15, -0.1) is 0 Å². The van der Waals surface area contributed by atoms with E-state index in [1.165, 1.54) is 10.6 Å². The van der Waals surface area contributed by atoms with Gasteiger partial charge in [-0.3, -0.25) is 0 Å². The molecule has 2 rings (SSSR count). The van der Waals surface area contributed by atoms with Crippen molar-refractivity contribution in [3.8, 4) is 0 Å². The molecular formula is C11H12ClN3O2. The lowest BCUT2D eigenvalue weighted by molar-refractivity contribution is 0.0690. The van der Waals surface area contributed by atoms with Crippen LogP contribution in [0.5, 0.6) is 0 Å². The molecule has 0 aliphatic rings. The smallest absolute Gasteiger partial charge is 0.356 e. The van der Waals surface area contributed by atoms with Crippen molar-refractivity contribution in [2.24, 2.45) is 0 Å². The average Bonchev–Trinajstić information content (AvgIpc) is 2.60. The van der Waals surface area contributed by atoms with E-state index in [9.17, 15) is 4.79 Å². The van der Waals surface area contributed by atoms with Crippen LogP contribution in [0.1, 0.15) is 41.5 Å². The molecule has 0 bridgehead atoms. The minimum Gasteiger partial charge on any atom is -0.476 e. The number of hydrogen-bond donors (Lipinski definition) is 1. The Labute approximate surface area is 103 Å². The molecule has 6 heteroatoms. The third-order valence-electron chi connectivity index (χ3n) is 2.57. The summed E-state index contributed by atoms with van der Waals surface area (Å²) < 4.78 is 1.37. The summed E-state index contributed by atoms with van der Waals surface area (Å²) >= 11 is 6.23. The molecule has 0 fully saturated rings. The van der Waals surface area contributed by atoms with Gasteiger partial charge in [0.2, 0.25) is 0 Å². The van der Waals surface area contributed by atoms with Crippen molar-refractivity contribution < 1.29 is 9.90 Å². The second-order valence-corrected chi connectivity index (χ2v) is 4.52. The van der Waals surface area contributed by atoms with Gasteiger partial charge in [-0.05, 0) is 12.8 Å². The Morgan fingerprint density at radius 2 is 2.18 bits per heavy atom. The van der Waals surface area contributed by atoms with Crippen LogP contribution in [-0.4, -0.2) is 25.7 Å². The van der Waals surface area contributed by atoms with Crippen molar-refractivity contribution in [3.05, 3.63) is 28.2 Å². The number of halogens is 1. The topological polar surface area (TPSA) is 67.5 Å². The van der Waals surface area contributed by atoms with Crippen LogP contribution in [0.4, 0.5) is 0 Å². The maximum atomic E-state index is 10.8. The van der Waals surface area contributed by atoms with Crippen LogP contribution in [0, 0.1) is 6.92 Å². The highest BCUT2D eigenvalue weighted by Crippen LogP contribution is 2.27. The molecule has 0 aromatic carbocycles. The lowest BCUT2D eigenvalue weighted by Crippen LogP contribution is -2.04. The normalized spacial score (nSPS) is 11.4. The Morgan fingerprint density at radius 1 is 1.53 bits per heavy atom. The maximum absolute atomic E-state index is 10.8. The van der Waals surface area contributed by atoms with Crippen LogP contribution in [0.3, 0.4) is 0 Å². The largest absolute Gasteiger partial charge is 0.476 e. The van der Waals surface area contributed by atoms with E-state index in [4.69, 9.17) is 16.7 Å². The minimum atomic E-state index is -1.09. The molecule has 2 aromatic heterocycles. The Bertz CT molecular complexity index is 604. The second kappa shape index (κ2) is 4.00. The molecule has 0 saturated heterocycles. The number of fused-ring (bicyclic) bond motifs is 1. The van der Waals surface area contributed by atoms with E-state index in [0.29, 0.717) is 10.8 Å². The van der Waals surface area contributed by atoms with E-state index < -0.39 is 5.97 Å². The van der Waals surface area contributed by atoms with Gasteiger partial charge < -0.3 is 5.11 Å². The summed E-state index contributed by atoms with van der Waals surface area (Å²) in [5.41, 5.74) is 2.09. The van der Waals surface area contributed by atoms with Gasteiger partial charge in [0.1, 0.15) is 5.15 Å². The summed E-state index contributed by atoms with van der Waals surface area (Å²) in [4.78, 5) is 15.2. The summed E-state index contributed by atoms with van der Waals surface area (Å²) in [6, 6.07) is 1.41. The molecule has 2 heterocycles. The van der Waals surface area contributed by atoms with E-state index in [-0.39, 0.29) is 11.6 Å². The molecule has 0 unspecified atom stereocenters. The summed E-state index contributed by atoms with van der Waals surface area (Å²) in [6.45, 7) is 5.86. The maximum Gasteiger partial charge on any atom is 0.356 e. The Morgan fingerprint density at radius 3 is 2.71 bits per heavy atom. The highest BCUT2D eigenvalue weighted by Gasteiger charge is 2.17. The first-order valence-corrected chi connectivity index (χ1v) is 5.58. The van der Waals surface area contributed by atoms with Gasteiger partial charge in [0.15, 0.2) is 11.3 Å². The number of carboxylic acids is 1. The molecule has 0 spiro atoms. The van der Waals surface area contributed by atoms with Gasteiger partial charge >= 0.3 is 5.97 Å². The van der Waals surface area contributed by atoms with Crippen LogP contribution in [0.15, 0.2) is 6.07 Å². The summed E-state index contributed by atoms with van der Waals surface area (Å²) in [5, 5.41) is 13.2. The molecule has 0 radical (unpaired) electrons. The zero-order valence-corrected chi connectivity index (χ0v) is 10.5. The van der Waals surface area contributed by atoms with Crippen molar-refractivity contribution in [1.82, 2.24) is 14.6 Å². The number of carboxylic acid groups (broad SMARTS) is 1. The van der Waals surface area contributed by atoms with Gasteiger partial charge in [-0.25, -0.2) is 14.3 Å². The van der Waals surface area contributed by atoms with Gasteiger partial charge in [-0.2, -0.15) is 5.10 Å². The summed E-state index contributed by atoms with van der Waals surface area (Å²) in [6.07, 6.45) is 0. The van der Waals surface area contributed by atoms with Crippen molar-refractivity contribution >= 4 is 23.2 Å². The highest BCUT2D eigenvalue weighted by atomic mass is 35.5. The lowest BCUT2D eigenvalue weighted by Gasteiger charge is -2.11. The number of nitrogens with zero attached hydrogens (tertiary/aromatic N) is 3. The SMILES string of the molecule is Cc1nc2cc(C(=O)O)nn2c(Cl)c1C(C)C. The zero-order chi connectivity index (χ0) is 12.7. The number of aryl methyl sites for hydroxylation is 1. The molecule has 1 N–H and O–H groups in total. The number of aromatic nitrogens is 3. The highest BCUT2D eigenvalue weighted by molar-refractivity contribution is 6.30. The fourth-order valence-corrected chi connectivity index (χ4v) is 2.33. The monoisotopic (exact) mass is 253 g/mol. The number of rotatable bonds is 2. The quantitative estimate of drug-likeness (QED) is 0.835. The van der Waals surface area contributed by atoms with E-state index >= 15 is 0 Å². The number of hydrogen-bond acceptors (Lipinski definition) is 3. The summed E-state index contributed by atoms with van der Waals surface area (Å²) in [5.74, 6) is -0.882. The van der Waals surface area contributed by atoms with Crippen molar-refractivity contribution in [3.63, 3.8) is 0 Å². The van der Waals surface area contributed by atoms with Gasteiger partial charge in [-0.1, -0.05) is 25.4 Å². The first kappa shape index (κ1) is 11.9. The molecule has 5 nitrogen and oxygen atoms in total. The third kappa shape index (κ3) is 1.86. The summed E-state index contributed by atoms with van der Waals surface area (Å²) in [7, 11) is 0. The first-order valence-electron chi connectivity index (χ1n) is 5.21. The van der Waals surface area contributed by atoms with E-state index in [1.807, 2.05) is 20.8 Å². The second-order valence-electron chi connectivity index (χ2n) is 4.16. The fraction of sp³-hybridized carbons (Fsp3) is 0.364. The van der Waals surface area contributed by atoms with Crippen molar-refractivity contribution in [2.45, 2.75) is 26.7 Å². The van der Waals surface area contributed by atoms with Crippen LogP contribution < -0.4 is 0 Å². The van der Waals surface area contributed by atoms with Gasteiger partial charge in [0, 0.05) is 17.3 Å². The molecule has 0 aliphatic heterocycles. The standard InChI is InChI=1S/C11H12ClN3O2/c1-5(2)9-6(3)13-8-4-7(11(16)17)14-15(8)10(9)12/h4-5H,1-3H3,(H,16,17). The van der Waals surface area contributed by atoms with Crippen LogP contribution in [0.2, 0.25) is 5.15 Å². The van der Waals surface area contributed by atoms with E-state index in [2.05, 4.69) is 10.1 Å². The Balaban J connectivity index is 2.78. The number of carbonyl (C=O) groups is 1. The average molecular weight is 254 g/mol. The molecule has 0 aliphatic carbocycles. The third-order valence-corrected chi connectivity index (χ3v) is 2.93. The molecular weight excluding hydrogens is 242 g/mol. The number of aromatic carboxylic acids is 1. The Hall–Kier alpha value is -1.62. The molecule has 2 aromatic rings. The molecule has 90 valence electrons. The minimum absolute atomic E-state index is 0.0558. The predicted octanol–water partition coefficient (Wildman–Crippen LogP) is 2.51. The van der Waals surface area contributed by atoms with Crippen LogP contribution in [-0.2, 0) is 0 Å². The molecule has 0 amide bonds. The van der Waals surface area contributed by atoms with Crippen molar-refractivity contribution in [2.75, 3.05) is 0 Å². The van der Waals surface area contributed by atoms with Crippen LogP contribution >= 0.6 is 11.6 Å². The predicted molar refractivity (Wildman–Crippen MR) is 63.8 cm³/mol. The van der Waals surface area contributed by atoms with E-state index in [0.717, 1.165) is 11.3 Å². The van der Waals surface area contributed by atoms with Crippen molar-refractivity contribution in [1.29, 1.82) is 0 Å². The molecule has 0 atom stereocenters. The van der Waals surface area contributed by atoms with Gasteiger partial charge in [0.05, 0.1) is 0 Å². The molecule has 0 saturated carbocycles. The fourth-order valence-electron chi connectivity index (χ4n) is 1.85. The first-order chi connectivity index (χ1) is 7.91. The zero-order valence-electron chi connectivity index (χ0n) is 9.73. The van der Waals surface area contributed by atoms with E-state index in [1.54, 1.807) is 0 Å². The Kier molecular flexibility index (Phi) is 2.79. The van der Waals surface area contributed by atoms with Crippen LogP contribution in [0.25, 0.3) is 5.65 Å². The lowest BCUT2D eigenvalue weighted by atomic mass is 10.0. The molecule has 17 heavy (non-hydrogen) atoms.